The van der Waals surface area contributed by atoms with Gasteiger partial charge in [0.25, 0.3) is 0 Å². The van der Waals surface area contributed by atoms with Crippen molar-refractivity contribution in [3.05, 3.63) is 30.1 Å². The van der Waals surface area contributed by atoms with Crippen LogP contribution in [0.5, 0.6) is 5.75 Å². The fraction of sp³-hybridized carbons (Fsp3) is 0.700. The Morgan fingerprint density at radius 1 is 0.882 bits per heavy atom. The minimum atomic E-state index is -0.837. The molecule has 3 saturated heterocycles. The standard InChI is InChI=1S/C40H56N6O5/c1-25-8-11-32-33(46(25)38(48)26-9-10-26)13-12-31(35(32)51-30-6-5-7-30)28-22-41-45(23-28)29-16-20-43(21-17-29)37(47)27-14-18-42(19-15-27)34-24-44(39(49)50)36(34)40(2,3)4/h12-13,22-23,25-27,29-30,34,36H,5-11,14-21,24H2,1-4H3,(H,49,50)/t25-,34?,36?/m0/s1. The summed E-state index contributed by atoms with van der Waals surface area (Å²) >= 11 is 0. The predicted molar refractivity (Wildman–Crippen MR) is 195 cm³/mol. The van der Waals surface area contributed by atoms with Crippen LogP contribution in [0.1, 0.15) is 104 Å². The van der Waals surface area contributed by atoms with E-state index in [1.807, 2.05) is 6.20 Å². The second-order valence-corrected chi connectivity index (χ2v) is 17.4. The van der Waals surface area contributed by atoms with Crippen molar-refractivity contribution in [2.75, 3.05) is 37.6 Å². The average Bonchev–Trinajstić information content (AvgIpc) is 3.81. The summed E-state index contributed by atoms with van der Waals surface area (Å²) < 4.78 is 8.84. The van der Waals surface area contributed by atoms with Crippen LogP contribution in [0.15, 0.2) is 24.5 Å². The molecule has 6 aliphatic rings. The highest BCUT2D eigenvalue weighted by molar-refractivity contribution is 5.99. The van der Waals surface area contributed by atoms with Gasteiger partial charge in [-0.05, 0) is 108 Å². The molecule has 2 saturated carbocycles. The van der Waals surface area contributed by atoms with E-state index in [0.717, 1.165) is 113 Å². The van der Waals surface area contributed by atoms with Crippen LogP contribution >= 0.6 is 0 Å². The number of hydrogen-bond donors (Lipinski definition) is 1. The molecule has 3 atom stereocenters. The van der Waals surface area contributed by atoms with Crippen LogP contribution in [0.2, 0.25) is 0 Å². The molecule has 5 heterocycles. The molecule has 0 spiro atoms. The Balaban J connectivity index is 0.903. The van der Waals surface area contributed by atoms with Gasteiger partial charge in [-0.1, -0.05) is 20.8 Å². The van der Waals surface area contributed by atoms with Crippen molar-refractivity contribution >= 4 is 23.6 Å². The second-order valence-electron chi connectivity index (χ2n) is 17.4. The largest absolute Gasteiger partial charge is 0.489 e. The molecule has 0 radical (unpaired) electrons. The molecule has 1 aromatic heterocycles. The fourth-order valence-electron chi connectivity index (χ4n) is 9.49. The fourth-order valence-corrected chi connectivity index (χ4v) is 9.49. The van der Waals surface area contributed by atoms with Crippen LogP contribution in [0.3, 0.4) is 0 Å². The van der Waals surface area contributed by atoms with E-state index < -0.39 is 6.09 Å². The summed E-state index contributed by atoms with van der Waals surface area (Å²) in [5, 5.41) is 14.5. The van der Waals surface area contributed by atoms with Gasteiger partial charge in [-0.25, -0.2) is 4.79 Å². The number of rotatable bonds is 7. The zero-order valence-corrected chi connectivity index (χ0v) is 30.9. The topological polar surface area (TPSA) is 111 Å². The van der Waals surface area contributed by atoms with Gasteiger partial charge in [-0.2, -0.15) is 5.10 Å². The average molecular weight is 701 g/mol. The van der Waals surface area contributed by atoms with E-state index in [1.54, 1.807) is 4.90 Å². The van der Waals surface area contributed by atoms with E-state index in [-0.39, 0.29) is 59.3 Å². The number of amides is 3. The number of piperidine rings is 2. The number of hydrogen-bond acceptors (Lipinski definition) is 6. The van der Waals surface area contributed by atoms with Crippen molar-refractivity contribution in [1.82, 2.24) is 24.5 Å². The molecule has 1 aromatic carbocycles. The molecule has 3 amide bonds. The third kappa shape index (κ3) is 6.52. The molecule has 2 unspecified atom stereocenters. The number of carboxylic acid groups (broad SMARTS) is 1. The lowest BCUT2D eigenvalue weighted by molar-refractivity contribution is -0.139. The van der Waals surface area contributed by atoms with Crippen molar-refractivity contribution in [2.45, 2.75) is 129 Å². The van der Waals surface area contributed by atoms with E-state index in [0.29, 0.717) is 6.54 Å². The van der Waals surface area contributed by atoms with Crippen LogP contribution in [0.4, 0.5) is 10.5 Å². The molecule has 5 fully saturated rings. The van der Waals surface area contributed by atoms with Gasteiger partial charge in [0.1, 0.15) is 5.75 Å². The van der Waals surface area contributed by atoms with Crippen LogP contribution in [-0.2, 0) is 16.0 Å². The molecule has 4 aliphatic heterocycles. The number of nitrogens with zero attached hydrogens (tertiary/aromatic N) is 6. The van der Waals surface area contributed by atoms with Crippen molar-refractivity contribution in [3.8, 4) is 16.9 Å². The Bertz CT molecular complexity index is 1640. The Morgan fingerprint density at radius 2 is 1.59 bits per heavy atom. The first kappa shape index (κ1) is 34.5. The molecule has 11 nitrogen and oxygen atoms in total. The summed E-state index contributed by atoms with van der Waals surface area (Å²) in [4.78, 5) is 46.9. The number of anilines is 1. The minimum absolute atomic E-state index is 0.0185. The number of fused-ring (bicyclic) bond motifs is 1. The van der Waals surface area contributed by atoms with Crippen LogP contribution < -0.4 is 9.64 Å². The van der Waals surface area contributed by atoms with Gasteiger partial charge in [0, 0.05) is 66.4 Å². The SMILES string of the molecule is C[C@H]1CCc2c(ccc(-c3cnn(C4CCN(C(=O)C5CCN(C6CN(C(=O)O)C6C(C)(C)C)CC5)CC4)c3)c2OC2CCC2)N1C(=O)C1CC1. The number of ether oxygens (including phenoxy) is 1. The summed E-state index contributed by atoms with van der Waals surface area (Å²) in [6, 6.07) is 4.92. The minimum Gasteiger partial charge on any atom is -0.489 e. The van der Waals surface area contributed by atoms with Gasteiger partial charge in [0.05, 0.1) is 30.1 Å². The normalized spacial score (nSPS) is 26.7. The Labute approximate surface area is 302 Å². The van der Waals surface area contributed by atoms with E-state index in [2.05, 4.69) is 65.4 Å². The lowest BCUT2D eigenvalue weighted by Crippen LogP contribution is -2.72. The van der Waals surface area contributed by atoms with E-state index in [4.69, 9.17) is 9.84 Å². The summed E-state index contributed by atoms with van der Waals surface area (Å²) in [5.41, 5.74) is 4.17. The summed E-state index contributed by atoms with van der Waals surface area (Å²) in [6.45, 7) is 12.2. The number of carbonyl (C=O) groups is 3. The van der Waals surface area contributed by atoms with E-state index in [1.165, 1.54) is 12.0 Å². The maximum Gasteiger partial charge on any atom is 0.407 e. The molecule has 11 heteroatoms. The van der Waals surface area contributed by atoms with E-state index >= 15 is 0 Å². The van der Waals surface area contributed by atoms with Crippen LogP contribution in [0.25, 0.3) is 11.1 Å². The summed E-state index contributed by atoms with van der Waals surface area (Å²) in [6.07, 6.45) is 14.1. The zero-order valence-electron chi connectivity index (χ0n) is 30.9. The predicted octanol–water partition coefficient (Wildman–Crippen LogP) is 6.21. The molecule has 276 valence electrons. The lowest BCUT2D eigenvalue weighted by Gasteiger charge is -2.57. The van der Waals surface area contributed by atoms with Crippen molar-refractivity contribution in [3.63, 3.8) is 0 Å². The maximum absolute atomic E-state index is 13.7. The Hall–Kier alpha value is -3.60. The quantitative estimate of drug-likeness (QED) is 0.366. The highest BCUT2D eigenvalue weighted by Gasteiger charge is 2.51. The molecule has 2 aliphatic carbocycles. The number of benzene rings is 1. The maximum atomic E-state index is 13.7. The molecular weight excluding hydrogens is 644 g/mol. The summed E-state index contributed by atoms with van der Waals surface area (Å²) in [5.74, 6) is 1.70. The third-order valence-corrected chi connectivity index (χ3v) is 12.9. The van der Waals surface area contributed by atoms with Gasteiger partial charge in [-0.3, -0.25) is 19.2 Å². The highest BCUT2D eigenvalue weighted by Crippen LogP contribution is 2.46. The summed E-state index contributed by atoms with van der Waals surface area (Å²) in [7, 11) is 0. The molecule has 0 bridgehead atoms. The Morgan fingerprint density at radius 3 is 2.22 bits per heavy atom. The molecule has 2 aromatic rings. The van der Waals surface area contributed by atoms with Crippen LogP contribution in [0, 0.1) is 17.3 Å². The smallest absolute Gasteiger partial charge is 0.407 e. The van der Waals surface area contributed by atoms with Gasteiger partial charge < -0.3 is 24.5 Å². The van der Waals surface area contributed by atoms with Crippen LogP contribution in [-0.4, -0.2) is 104 Å². The van der Waals surface area contributed by atoms with Crippen molar-refractivity contribution in [2.24, 2.45) is 17.3 Å². The molecular formula is C40H56N6O5. The van der Waals surface area contributed by atoms with Crippen molar-refractivity contribution in [1.29, 1.82) is 0 Å². The van der Waals surface area contributed by atoms with Gasteiger partial charge >= 0.3 is 6.09 Å². The van der Waals surface area contributed by atoms with Gasteiger partial charge in [0.2, 0.25) is 11.8 Å². The first-order valence-electron chi connectivity index (χ1n) is 19.7. The second kappa shape index (κ2) is 13.4. The number of likely N-dealkylation sites (tertiary alicyclic amines) is 3. The highest BCUT2D eigenvalue weighted by atomic mass is 16.5. The first-order valence-corrected chi connectivity index (χ1v) is 19.7. The Kier molecular flexibility index (Phi) is 9.08. The van der Waals surface area contributed by atoms with E-state index in [9.17, 15) is 19.5 Å². The molecule has 8 rings (SSSR count). The van der Waals surface area contributed by atoms with Crippen molar-refractivity contribution < 1.29 is 24.2 Å². The van der Waals surface area contributed by atoms with Gasteiger partial charge in [0.15, 0.2) is 0 Å². The third-order valence-electron chi connectivity index (χ3n) is 12.9. The first-order chi connectivity index (χ1) is 24.5. The zero-order chi connectivity index (χ0) is 35.6. The van der Waals surface area contributed by atoms with Gasteiger partial charge in [-0.15, -0.1) is 0 Å². The number of carbonyl (C=O) groups excluding carboxylic acids is 2. The molecule has 51 heavy (non-hydrogen) atoms. The lowest BCUT2D eigenvalue weighted by atomic mass is 9.74. The monoisotopic (exact) mass is 700 g/mol. The molecule has 1 N–H and O–H groups in total. The number of aromatic nitrogens is 2.